The molecule has 0 radical (unpaired) electrons. The Morgan fingerprint density at radius 1 is 1.21 bits per heavy atom. The lowest BCUT2D eigenvalue weighted by atomic mass is 10.0. The number of benzene rings is 1. The van der Waals surface area contributed by atoms with Crippen LogP contribution in [-0.4, -0.2) is 33.4 Å². The van der Waals surface area contributed by atoms with Crippen LogP contribution in [0, 0.1) is 0 Å². The van der Waals surface area contributed by atoms with Crippen LogP contribution in [-0.2, 0) is 4.74 Å². The van der Waals surface area contributed by atoms with Crippen LogP contribution < -0.4 is 10.2 Å². The van der Waals surface area contributed by atoms with Crippen molar-refractivity contribution in [3.05, 3.63) is 29.8 Å². The molecule has 3 nitrogen and oxygen atoms in total. The first-order valence-corrected chi connectivity index (χ1v) is 7.16. The number of hydrogen-bond acceptors (Lipinski definition) is 3. The van der Waals surface area contributed by atoms with Crippen molar-refractivity contribution in [2.45, 2.75) is 39.3 Å². The number of anilines is 1. The maximum Gasteiger partial charge on any atom is 0.0637 e. The average Bonchev–Trinajstić information content (AvgIpc) is 2.42. The van der Waals surface area contributed by atoms with E-state index in [4.69, 9.17) is 4.74 Å². The van der Waals surface area contributed by atoms with Gasteiger partial charge in [-0.1, -0.05) is 19.1 Å². The minimum absolute atomic E-state index is 0.445. The van der Waals surface area contributed by atoms with E-state index in [0.29, 0.717) is 12.1 Å². The van der Waals surface area contributed by atoms with Gasteiger partial charge in [-0.15, -0.1) is 0 Å². The van der Waals surface area contributed by atoms with Crippen LogP contribution in [0.2, 0.25) is 0 Å². The molecule has 0 heterocycles. The van der Waals surface area contributed by atoms with Gasteiger partial charge in [-0.25, -0.2) is 0 Å². The number of nitrogens with one attached hydrogen (secondary N) is 1. The first-order chi connectivity index (χ1) is 9.13. The van der Waals surface area contributed by atoms with Crippen molar-refractivity contribution in [3.8, 4) is 0 Å². The van der Waals surface area contributed by atoms with Gasteiger partial charge in [0.05, 0.1) is 6.61 Å². The smallest absolute Gasteiger partial charge is 0.0637 e. The molecular weight excluding hydrogens is 236 g/mol. The van der Waals surface area contributed by atoms with Crippen molar-refractivity contribution in [1.29, 1.82) is 0 Å². The number of hydrogen-bond donors (Lipinski definition) is 1. The maximum atomic E-state index is 5.19. The lowest BCUT2D eigenvalue weighted by molar-refractivity contribution is 0.204. The molecule has 0 aliphatic rings. The molecule has 3 heteroatoms. The molecule has 0 fully saturated rings. The monoisotopic (exact) mass is 264 g/mol. The second-order valence-electron chi connectivity index (χ2n) is 5.12. The topological polar surface area (TPSA) is 24.5 Å². The number of rotatable bonds is 8. The lowest BCUT2D eigenvalue weighted by Crippen LogP contribution is -2.33. The van der Waals surface area contributed by atoms with E-state index in [0.717, 1.165) is 19.6 Å². The highest BCUT2D eigenvalue weighted by Crippen LogP contribution is 2.22. The number of nitrogens with zero attached hydrogens (tertiary/aromatic N) is 1. The summed E-state index contributed by atoms with van der Waals surface area (Å²) in [6, 6.07) is 9.80. The van der Waals surface area contributed by atoms with Crippen molar-refractivity contribution < 1.29 is 4.74 Å². The fourth-order valence-electron chi connectivity index (χ4n) is 2.38. The van der Waals surface area contributed by atoms with Gasteiger partial charge in [0.15, 0.2) is 0 Å². The minimum Gasteiger partial charge on any atom is -0.383 e. The zero-order chi connectivity index (χ0) is 14.3. The molecule has 0 amide bonds. The van der Waals surface area contributed by atoms with E-state index >= 15 is 0 Å². The second kappa shape index (κ2) is 8.18. The summed E-state index contributed by atoms with van der Waals surface area (Å²) in [5.41, 5.74) is 2.62. The first kappa shape index (κ1) is 16.0. The van der Waals surface area contributed by atoms with Crippen molar-refractivity contribution >= 4 is 5.69 Å². The zero-order valence-electron chi connectivity index (χ0n) is 12.9. The third kappa shape index (κ3) is 4.51. The van der Waals surface area contributed by atoms with Crippen LogP contribution in [0.25, 0.3) is 0 Å². The van der Waals surface area contributed by atoms with Crippen LogP contribution in [0.5, 0.6) is 0 Å². The summed E-state index contributed by atoms with van der Waals surface area (Å²) in [7, 11) is 3.77. The van der Waals surface area contributed by atoms with Crippen LogP contribution >= 0.6 is 0 Å². The van der Waals surface area contributed by atoms with Crippen LogP contribution in [0.3, 0.4) is 0 Å². The SMILES string of the molecule is CCC(NC)c1ccc(N(CCOC)C(C)C)cc1. The molecule has 1 unspecified atom stereocenters. The van der Waals surface area contributed by atoms with Gasteiger partial charge in [0.25, 0.3) is 0 Å². The Bertz CT molecular complexity index is 344. The van der Waals surface area contributed by atoms with E-state index in [1.54, 1.807) is 7.11 Å². The highest BCUT2D eigenvalue weighted by atomic mass is 16.5. The van der Waals surface area contributed by atoms with Crippen LogP contribution in [0.15, 0.2) is 24.3 Å². The Morgan fingerprint density at radius 3 is 2.26 bits per heavy atom. The predicted molar refractivity (Wildman–Crippen MR) is 82.9 cm³/mol. The second-order valence-corrected chi connectivity index (χ2v) is 5.12. The van der Waals surface area contributed by atoms with Crippen molar-refractivity contribution in [3.63, 3.8) is 0 Å². The summed E-state index contributed by atoms with van der Waals surface area (Å²) in [6.45, 7) is 8.32. The van der Waals surface area contributed by atoms with Crippen molar-refractivity contribution in [2.24, 2.45) is 0 Å². The van der Waals surface area contributed by atoms with E-state index in [1.807, 2.05) is 7.05 Å². The lowest BCUT2D eigenvalue weighted by Gasteiger charge is -2.29. The molecule has 0 bridgehead atoms. The minimum atomic E-state index is 0.445. The first-order valence-electron chi connectivity index (χ1n) is 7.16. The molecular formula is C16H28N2O. The molecule has 0 saturated heterocycles. The molecule has 108 valence electrons. The van der Waals surface area contributed by atoms with Gasteiger partial charge in [-0.05, 0) is 45.0 Å². The fourth-order valence-corrected chi connectivity index (χ4v) is 2.38. The third-order valence-corrected chi connectivity index (χ3v) is 3.54. The molecule has 19 heavy (non-hydrogen) atoms. The van der Waals surface area contributed by atoms with E-state index in [-0.39, 0.29) is 0 Å². The van der Waals surface area contributed by atoms with Crippen molar-refractivity contribution in [1.82, 2.24) is 5.32 Å². The molecule has 0 aliphatic carbocycles. The molecule has 1 rings (SSSR count). The average molecular weight is 264 g/mol. The summed E-state index contributed by atoms with van der Waals surface area (Å²) in [6.07, 6.45) is 1.10. The normalized spacial score (nSPS) is 12.7. The molecule has 0 aromatic heterocycles. The highest BCUT2D eigenvalue weighted by molar-refractivity contribution is 5.48. The highest BCUT2D eigenvalue weighted by Gasteiger charge is 2.11. The Balaban J connectivity index is 2.82. The van der Waals surface area contributed by atoms with E-state index < -0.39 is 0 Å². The molecule has 0 aliphatic heterocycles. The van der Waals surface area contributed by atoms with Crippen molar-refractivity contribution in [2.75, 3.05) is 32.2 Å². The fraction of sp³-hybridized carbons (Fsp3) is 0.625. The van der Waals surface area contributed by atoms with Gasteiger partial charge in [0.2, 0.25) is 0 Å². The van der Waals surface area contributed by atoms with E-state index in [2.05, 4.69) is 55.3 Å². The van der Waals surface area contributed by atoms with Gasteiger partial charge >= 0.3 is 0 Å². The largest absolute Gasteiger partial charge is 0.383 e. The summed E-state index contributed by atoms with van der Waals surface area (Å²) < 4.78 is 5.19. The molecule has 0 spiro atoms. The van der Waals surface area contributed by atoms with E-state index in [1.165, 1.54) is 11.3 Å². The van der Waals surface area contributed by atoms with Crippen LogP contribution in [0.1, 0.15) is 38.8 Å². The molecule has 1 N–H and O–H groups in total. The standard InChI is InChI=1S/C16H28N2O/c1-6-16(17-4)14-7-9-15(10-8-14)18(13(2)3)11-12-19-5/h7-10,13,16-17H,6,11-12H2,1-5H3. The molecule has 1 aromatic rings. The Morgan fingerprint density at radius 2 is 1.84 bits per heavy atom. The van der Waals surface area contributed by atoms with Gasteiger partial charge in [-0.3, -0.25) is 0 Å². The summed E-state index contributed by atoms with van der Waals surface area (Å²) >= 11 is 0. The quantitative estimate of drug-likeness (QED) is 0.780. The predicted octanol–water partition coefficient (Wildman–Crippen LogP) is 3.22. The summed E-state index contributed by atoms with van der Waals surface area (Å²) in [5, 5.41) is 3.34. The summed E-state index contributed by atoms with van der Waals surface area (Å²) in [5.74, 6) is 0. The van der Waals surface area contributed by atoms with Crippen LogP contribution in [0.4, 0.5) is 5.69 Å². The van der Waals surface area contributed by atoms with Gasteiger partial charge in [0, 0.05) is 31.4 Å². The molecule has 0 saturated carbocycles. The molecule has 1 aromatic carbocycles. The maximum absolute atomic E-state index is 5.19. The number of methoxy groups -OCH3 is 1. The van der Waals surface area contributed by atoms with Gasteiger partial charge < -0.3 is 15.0 Å². The van der Waals surface area contributed by atoms with E-state index in [9.17, 15) is 0 Å². The Labute approximate surface area is 118 Å². The van der Waals surface area contributed by atoms with Gasteiger partial charge in [0.1, 0.15) is 0 Å². The zero-order valence-corrected chi connectivity index (χ0v) is 12.9. The summed E-state index contributed by atoms with van der Waals surface area (Å²) in [4.78, 5) is 2.37. The van der Waals surface area contributed by atoms with Gasteiger partial charge in [-0.2, -0.15) is 0 Å². The number of ether oxygens (including phenoxy) is 1. The Hall–Kier alpha value is -1.06. The Kier molecular flexibility index (Phi) is 6.89. The molecule has 1 atom stereocenters. The third-order valence-electron chi connectivity index (χ3n) is 3.54.